The van der Waals surface area contributed by atoms with Gasteiger partial charge in [0.05, 0.1) is 16.2 Å². The summed E-state index contributed by atoms with van der Waals surface area (Å²) < 4.78 is 0. The largest absolute Gasteiger partial charge is 0.370 e. The third-order valence-electron chi connectivity index (χ3n) is 5.94. The summed E-state index contributed by atoms with van der Waals surface area (Å²) in [5.74, 6) is 0.198. The highest BCUT2D eigenvalue weighted by molar-refractivity contribution is 5.79. The molecule has 7 nitrogen and oxygen atoms in total. The number of hydrogen-bond acceptors (Lipinski definition) is 5. The molecule has 2 aliphatic rings. The van der Waals surface area contributed by atoms with E-state index in [-0.39, 0.29) is 17.5 Å². The van der Waals surface area contributed by atoms with Gasteiger partial charge in [0.1, 0.15) is 6.07 Å². The molecule has 4 rings (SSSR count). The van der Waals surface area contributed by atoms with Crippen molar-refractivity contribution in [2.24, 2.45) is 5.92 Å². The molecule has 7 heteroatoms. The van der Waals surface area contributed by atoms with E-state index in [0.717, 1.165) is 25.8 Å². The van der Waals surface area contributed by atoms with Crippen LogP contribution in [0.1, 0.15) is 29.5 Å². The zero-order valence-electron chi connectivity index (χ0n) is 16.1. The number of nitro groups is 1. The van der Waals surface area contributed by atoms with Crippen molar-refractivity contribution in [2.75, 3.05) is 24.5 Å². The van der Waals surface area contributed by atoms with Crippen LogP contribution >= 0.6 is 0 Å². The average molecular weight is 390 g/mol. The fraction of sp³-hybridized carbons (Fsp3) is 0.364. The Morgan fingerprint density at radius 2 is 1.83 bits per heavy atom. The molecule has 0 aromatic heterocycles. The highest BCUT2D eigenvalue weighted by Crippen LogP contribution is 2.30. The standard InChI is InChI=1S/C22H22N4O3/c23-14-19-13-20(26(28)29)5-6-21(19)24-10-8-17(9-11-24)22(27)25-12-7-16-3-1-2-4-18(16)15-25/h1-6,13,17H,7-12,15H2. The molecule has 2 aromatic carbocycles. The lowest BCUT2D eigenvalue weighted by molar-refractivity contribution is -0.384. The van der Waals surface area contributed by atoms with Crippen molar-refractivity contribution in [3.63, 3.8) is 0 Å². The number of nitriles is 1. The maximum Gasteiger partial charge on any atom is 0.270 e. The van der Waals surface area contributed by atoms with Gasteiger partial charge in [-0.05, 0) is 36.5 Å². The molecule has 0 spiro atoms. The number of nitrogens with zero attached hydrogens (tertiary/aromatic N) is 4. The predicted molar refractivity (Wildman–Crippen MR) is 108 cm³/mol. The Morgan fingerprint density at radius 3 is 2.52 bits per heavy atom. The zero-order valence-corrected chi connectivity index (χ0v) is 16.1. The molecule has 0 aliphatic carbocycles. The third kappa shape index (κ3) is 3.79. The maximum absolute atomic E-state index is 13.0. The molecule has 1 amide bonds. The zero-order chi connectivity index (χ0) is 20.4. The topological polar surface area (TPSA) is 90.5 Å². The first-order valence-corrected chi connectivity index (χ1v) is 9.86. The number of piperidine rings is 1. The van der Waals surface area contributed by atoms with Crippen LogP contribution in [0.2, 0.25) is 0 Å². The van der Waals surface area contributed by atoms with Crippen LogP contribution in [0.15, 0.2) is 42.5 Å². The second kappa shape index (κ2) is 7.92. The first-order chi connectivity index (χ1) is 14.1. The SMILES string of the molecule is N#Cc1cc([N+](=O)[O-])ccc1N1CCC(C(=O)N2CCc3ccccc3C2)CC1. The van der Waals surface area contributed by atoms with Gasteiger partial charge in [-0.3, -0.25) is 14.9 Å². The summed E-state index contributed by atoms with van der Waals surface area (Å²) in [5, 5.41) is 20.3. The molecule has 2 heterocycles. The second-order valence-electron chi connectivity index (χ2n) is 7.61. The number of non-ortho nitro benzene ring substituents is 1. The first-order valence-electron chi connectivity index (χ1n) is 9.86. The van der Waals surface area contributed by atoms with E-state index in [1.807, 2.05) is 17.0 Å². The molecule has 0 saturated carbocycles. The van der Waals surface area contributed by atoms with Crippen molar-refractivity contribution in [1.29, 1.82) is 5.26 Å². The molecular weight excluding hydrogens is 368 g/mol. The number of carbonyl (C=O) groups excluding carboxylic acids is 1. The summed E-state index contributed by atoms with van der Waals surface area (Å²) in [7, 11) is 0. The van der Waals surface area contributed by atoms with Crippen molar-refractivity contribution in [3.8, 4) is 6.07 Å². The van der Waals surface area contributed by atoms with Crippen molar-refractivity contribution < 1.29 is 9.72 Å². The smallest absolute Gasteiger partial charge is 0.270 e. The van der Waals surface area contributed by atoms with Gasteiger partial charge >= 0.3 is 0 Å². The molecule has 0 atom stereocenters. The van der Waals surface area contributed by atoms with E-state index >= 15 is 0 Å². The van der Waals surface area contributed by atoms with Crippen LogP contribution in [0.3, 0.4) is 0 Å². The van der Waals surface area contributed by atoms with Crippen LogP contribution in [0, 0.1) is 27.4 Å². The van der Waals surface area contributed by atoms with Crippen LogP contribution in [0.4, 0.5) is 11.4 Å². The molecule has 148 valence electrons. The predicted octanol–water partition coefficient (Wildman–Crippen LogP) is 3.27. The lowest BCUT2D eigenvalue weighted by Gasteiger charge is -2.37. The van der Waals surface area contributed by atoms with Gasteiger partial charge in [0.2, 0.25) is 5.91 Å². The van der Waals surface area contributed by atoms with E-state index in [0.29, 0.717) is 30.9 Å². The number of hydrogen-bond donors (Lipinski definition) is 0. The lowest BCUT2D eigenvalue weighted by atomic mass is 9.92. The Labute approximate surface area is 169 Å². The number of nitro benzene ring substituents is 1. The number of benzene rings is 2. The van der Waals surface area contributed by atoms with Gasteiger partial charge in [-0.15, -0.1) is 0 Å². The minimum absolute atomic E-state index is 0.0138. The molecule has 0 N–H and O–H groups in total. The molecular formula is C22H22N4O3. The van der Waals surface area contributed by atoms with E-state index in [1.54, 1.807) is 6.07 Å². The van der Waals surface area contributed by atoms with E-state index in [2.05, 4.69) is 23.1 Å². The van der Waals surface area contributed by atoms with Crippen LogP contribution in [0.25, 0.3) is 0 Å². The molecule has 1 fully saturated rings. The van der Waals surface area contributed by atoms with E-state index in [1.165, 1.54) is 23.3 Å². The van der Waals surface area contributed by atoms with Crippen LogP contribution in [-0.4, -0.2) is 35.4 Å². The van der Waals surface area contributed by atoms with E-state index in [4.69, 9.17) is 0 Å². The molecule has 1 saturated heterocycles. The van der Waals surface area contributed by atoms with E-state index in [9.17, 15) is 20.2 Å². The molecule has 0 radical (unpaired) electrons. The number of carbonyl (C=O) groups is 1. The Morgan fingerprint density at radius 1 is 1.10 bits per heavy atom. The number of anilines is 1. The van der Waals surface area contributed by atoms with Crippen molar-refractivity contribution in [1.82, 2.24) is 4.90 Å². The summed E-state index contributed by atoms with van der Waals surface area (Å²) >= 11 is 0. The summed E-state index contributed by atoms with van der Waals surface area (Å²) in [6.45, 7) is 2.76. The molecule has 2 aliphatic heterocycles. The second-order valence-corrected chi connectivity index (χ2v) is 7.61. The average Bonchev–Trinajstić information content (AvgIpc) is 2.78. The monoisotopic (exact) mass is 390 g/mol. The van der Waals surface area contributed by atoms with Crippen molar-refractivity contribution in [3.05, 3.63) is 69.3 Å². The summed E-state index contributed by atoms with van der Waals surface area (Å²) in [6, 6.07) is 14.7. The van der Waals surface area contributed by atoms with Gasteiger partial charge in [0.15, 0.2) is 0 Å². The lowest BCUT2D eigenvalue weighted by Crippen LogP contribution is -2.44. The van der Waals surface area contributed by atoms with Crippen LogP contribution in [0.5, 0.6) is 0 Å². The molecule has 29 heavy (non-hydrogen) atoms. The summed E-state index contributed by atoms with van der Waals surface area (Å²) in [5.41, 5.74) is 3.48. The first kappa shape index (κ1) is 18.9. The highest BCUT2D eigenvalue weighted by Gasteiger charge is 2.31. The van der Waals surface area contributed by atoms with Gasteiger partial charge in [-0.2, -0.15) is 5.26 Å². The van der Waals surface area contributed by atoms with Crippen LogP contribution in [-0.2, 0) is 17.8 Å². The fourth-order valence-electron chi connectivity index (χ4n) is 4.31. The Bertz CT molecular complexity index is 990. The Kier molecular flexibility index (Phi) is 5.17. The third-order valence-corrected chi connectivity index (χ3v) is 5.94. The maximum atomic E-state index is 13.0. The molecule has 0 unspecified atom stereocenters. The van der Waals surface area contributed by atoms with Gasteiger partial charge in [-0.25, -0.2) is 0 Å². The van der Waals surface area contributed by atoms with Crippen LogP contribution < -0.4 is 4.90 Å². The minimum atomic E-state index is -0.494. The van der Waals surface area contributed by atoms with Gasteiger partial charge in [-0.1, -0.05) is 24.3 Å². The Hall–Kier alpha value is -3.40. The van der Waals surface area contributed by atoms with Crippen molar-refractivity contribution >= 4 is 17.3 Å². The Balaban J connectivity index is 1.41. The molecule has 2 aromatic rings. The molecule has 0 bridgehead atoms. The fourth-order valence-corrected chi connectivity index (χ4v) is 4.31. The van der Waals surface area contributed by atoms with Crippen molar-refractivity contribution in [2.45, 2.75) is 25.8 Å². The number of rotatable bonds is 3. The van der Waals surface area contributed by atoms with E-state index < -0.39 is 4.92 Å². The summed E-state index contributed by atoms with van der Waals surface area (Å²) in [6.07, 6.45) is 2.34. The van der Waals surface area contributed by atoms with Gasteiger partial charge in [0.25, 0.3) is 5.69 Å². The number of amides is 1. The van der Waals surface area contributed by atoms with Gasteiger partial charge in [0, 0.05) is 44.2 Å². The normalized spacial score (nSPS) is 16.8. The quantitative estimate of drug-likeness (QED) is 0.593. The minimum Gasteiger partial charge on any atom is -0.370 e. The van der Waals surface area contributed by atoms with Gasteiger partial charge < -0.3 is 9.80 Å². The highest BCUT2D eigenvalue weighted by atomic mass is 16.6. The number of fused-ring (bicyclic) bond motifs is 1. The summed E-state index contributed by atoms with van der Waals surface area (Å²) in [4.78, 5) is 27.5.